The highest BCUT2D eigenvalue weighted by atomic mass is 19.1. The van der Waals surface area contributed by atoms with E-state index in [-0.39, 0.29) is 17.8 Å². The first kappa shape index (κ1) is 21.3. The summed E-state index contributed by atoms with van der Waals surface area (Å²) in [6, 6.07) is 14.9. The number of nitrogens with zero attached hydrogens (tertiary/aromatic N) is 1. The summed E-state index contributed by atoms with van der Waals surface area (Å²) in [7, 11) is 3.50. The van der Waals surface area contributed by atoms with Crippen LogP contribution in [0.15, 0.2) is 48.5 Å². The molecule has 5 nitrogen and oxygen atoms in total. The van der Waals surface area contributed by atoms with Gasteiger partial charge in [0.15, 0.2) is 6.54 Å². The maximum Gasteiger partial charge on any atom is 0.278 e. The maximum absolute atomic E-state index is 13.6. The second-order valence-corrected chi connectivity index (χ2v) is 7.90. The number of hydrogen-bond donors (Lipinski definition) is 2. The zero-order valence-corrected chi connectivity index (χ0v) is 17.6. The van der Waals surface area contributed by atoms with Gasteiger partial charge in [-0.25, -0.2) is 4.39 Å². The molecule has 3 rings (SSSR count). The van der Waals surface area contributed by atoms with Crippen molar-refractivity contribution in [1.29, 1.82) is 0 Å². The molecule has 1 amide bonds. The second kappa shape index (κ2) is 9.85. The third-order valence-electron chi connectivity index (χ3n) is 6.00. The molecule has 2 N–H and O–H groups in total. The van der Waals surface area contributed by atoms with Crippen LogP contribution in [0.2, 0.25) is 0 Å². The lowest BCUT2D eigenvalue weighted by Gasteiger charge is -2.32. The fourth-order valence-corrected chi connectivity index (χ4v) is 3.98. The van der Waals surface area contributed by atoms with Crippen molar-refractivity contribution < 1.29 is 23.7 Å². The molecule has 156 valence electrons. The molecule has 2 aromatic carbocycles. The third-order valence-corrected chi connectivity index (χ3v) is 6.00. The molecule has 0 aromatic heterocycles. The van der Waals surface area contributed by atoms with Crippen molar-refractivity contribution in [3.8, 4) is 5.75 Å². The Morgan fingerprint density at radius 1 is 1.10 bits per heavy atom. The number of rotatable bonds is 7. The van der Waals surface area contributed by atoms with Gasteiger partial charge in [0.2, 0.25) is 0 Å². The Morgan fingerprint density at radius 3 is 2.41 bits per heavy atom. The summed E-state index contributed by atoms with van der Waals surface area (Å²) in [5, 5.41) is 0. The fourth-order valence-electron chi connectivity index (χ4n) is 3.98. The van der Waals surface area contributed by atoms with Gasteiger partial charge >= 0.3 is 0 Å². The van der Waals surface area contributed by atoms with E-state index >= 15 is 0 Å². The minimum absolute atomic E-state index is 0.0652. The van der Waals surface area contributed by atoms with E-state index in [9.17, 15) is 9.18 Å². The highest BCUT2D eigenvalue weighted by molar-refractivity contribution is 5.77. The van der Waals surface area contributed by atoms with Gasteiger partial charge in [-0.2, -0.15) is 0 Å². The zero-order valence-electron chi connectivity index (χ0n) is 17.6. The van der Waals surface area contributed by atoms with Crippen molar-refractivity contribution in [2.45, 2.75) is 19.5 Å². The highest BCUT2D eigenvalue weighted by Crippen LogP contribution is 2.18. The molecule has 1 aliphatic heterocycles. The van der Waals surface area contributed by atoms with Crippen molar-refractivity contribution in [3.63, 3.8) is 0 Å². The Kier molecular flexibility index (Phi) is 7.23. The lowest BCUT2D eigenvalue weighted by molar-refractivity contribution is -1.02. The molecule has 0 bridgehead atoms. The predicted molar refractivity (Wildman–Crippen MR) is 111 cm³/mol. The number of carbonyl (C=O) groups is 1. The van der Waals surface area contributed by atoms with Crippen molar-refractivity contribution in [2.75, 3.05) is 46.9 Å². The normalized spacial score (nSPS) is 20.1. The molecule has 1 fully saturated rings. The van der Waals surface area contributed by atoms with E-state index in [0.717, 1.165) is 49.6 Å². The Labute approximate surface area is 172 Å². The molecule has 1 atom stereocenters. The van der Waals surface area contributed by atoms with Crippen LogP contribution in [0.4, 0.5) is 4.39 Å². The van der Waals surface area contributed by atoms with E-state index in [4.69, 9.17) is 4.74 Å². The van der Waals surface area contributed by atoms with Gasteiger partial charge in [-0.1, -0.05) is 30.3 Å². The van der Waals surface area contributed by atoms with E-state index in [1.54, 1.807) is 19.2 Å². The number of ether oxygens (including phenoxy) is 1. The molecule has 29 heavy (non-hydrogen) atoms. The average Bonchev–Trinajstić information content (AvgIpc) is 2.75. The zero-order chi connectivity index (χ0) is 20.8. The summed E-state index contributed by atoms with van der Waals surface area (Å²) in [5.74, 6) is 0.678. The van der Waals surface area contributed by atoms with Crippen LogP contribution in [0.1, 0.15) is 24.1 Å². The third kappa shape index (κ3) is 5.55. The Balaban J connectivity index is 1.49. The smallest absolute Gasteiger partial charge is 0.278 e. The maximum atomic E-state index is 13.6. The first-order valence-electron chi connectivity index (χ1n) is 10.3. The van der Waals surface area contributed by atoms with Crippen molar-refractivity contribution in [2.24, 2.45) is 0 Å². The minimum atomic E-state index is -0.231. The molecular formula is C23H32FN3O2+2. The fraction of sp³-hybridized carbons (Fsp3) is 0.435. The summed E-state index contributed by atoms with van der Waals surface area (Å²) < 4.78 is 19.0. The monoisotopic (exact) mass is 401 g/mol. The van der Waals surface area contributed by atoms with Gasteiger partial charge in [-0.15, -0.1) is 0 Å². The van der Waals surface area contributed by atoms with Gasteiger partial charge in [0.05, 0.1) is 18.7 Å². The van der Waals surface area contributed by atoms with Crippen LogP contribution in [0.25, 0.3) is 0 Å². The number of likely N-dealkylation sites (N-methyl/N-ethyl adjacent to an activating group) is 1. The van der Waals surface area contributed by atoms with E-state index in [1.807, 2.05) is 30.1 Å². The summed E-state index contributed by atoms with van der Waals surface area (Å²) in [5.41, 5.74) is 2.05. The molecule has 1 heterocycles. The number of halogens is 1. The molecule has 0 saturated carbocycles. The quantitative estimate of drug-likeness (QED) is 0.702. The summed E-state index contributed by atoms with van der Waals surface area (Å²) in [4.78, 5) is 17.3. The van der Waals surface area contributed by atoms with Gasteiger partial charge in [-0.3, -0.25) is 4.79 Å². The van der Waals surface area contributed by atoms with Crippen molar-refractivity contribution in [1.82, 2.24) is 4.90 Å². The van der Waals surface area contributed by atoms with Gasteiger partial charge in [-0.05, 0) is 30.7 Å². The first-order chi connectivity index (χ1) is 14.0. The van der Waals surface area contributed by atoms with E-state index in [0.29, 0.717) is 6.54 Å². The van der Waals surface area contributed by atoms with Crippen LogP contribution < -0.4 is 14.5 Å². The number of quaternary nitrogens is 2. The van der Waals surface area contributed by atoms with Crippen LogP contribution in [-0.4, -0.2) is 57.7 Å². The first-order valence-corrected chi connectivity index (χ1v) is 10.3. The van der Waals surface area contributed by atoms with E-state index in [2.05, 4.69) is 19.1 Å². The number of piperazine rings is 1. The molecule has 0 unspecified atom stereocenters. The molecule has 0 aliphatic carbocycles. The minimum Gasteiger partial charge on any atom is -0.496 e. The lowest BCUT2D eigenvalue weighted by atomic mass is 10.1. The van der Waals surface area contributed by atoms with Crippen LogP contribution in [0.3, 0.4) is 0 Å². The Morgan fingerprint density at radius 2 is 1.76 bits per heavy atom. The molecule has 0 radical (unpaired) electrons. The molecule has 2 aromatic rings. The molecular weight excluding hydrogens is 369 g/mol. The Bertz CT molecular complexity index is 807. The number of nitrogens with one attached hydrogen (secondary N) is 2. The number of hydrogen-bond acceptors (Lipinski definition) is 2. The number of carbonyl (C=O) groups excluding carboxylic acids is 1. The van der Waals surface area contributed by atoms with Crippen LogP contribution >= 0.6 is 0 Å². The number of benzene rings is 2. The average molecular weight is 402 g/mol. The number of amides is 1. The summed E-state index contributed by atoms with van der Waals surface area (Å²) >= 11 is 0. The molecule has 1 saturated heterocycles. The molecule has 6 heteroatoms. The van der Waals surface area contributed by atoms with Crippen LogP contribution in [0.5, 0.6) is 5.75 Å². The van der Waals surface area contributed by atoms with Gasteiger partial charge in [0.1, 0.15) is 44.3 Å². The Hall–Kier alpha value is -2.44. The summed E-state index contributed by atoms with van der Waals surface area (Å²) in [6.45, 7) is 7.12. The van der Waals surface area contributed by atoms with Gasteiger partial charge in [0.25, 0.3) is 5.91 Å². The summed E-state index contributed by atoms with van der Waals surface area (Å²) in [6.07, 6.45) is 0. The predicted octanol–water partition coefficient (Wildman–Crippen LogP) is 0.337. The molecule has 1 aliphatic rings. The van der Waals surface area contributed by atoms with E-state index in [1.165, 1.54) is 15.9 Å². The SMILES string of the molecule is COc1ccc(F)cc1C[NH+]1CC[NH+](CC(=O)N(C)[C@H](C)c2ccccc2)CC1. The molecule has 0 spiro atoms. The standard InChI is InChI=1S/C23H30FN3O2/c1-18(19-7-5-4-6-8-19)25(2)23(28)17-27-13-11-26(12-14-27)16-20-15-21(24)9-10-22(20)29-3/h4-10,15,18H,11-14,16-17H2,1-3H3/p+2/t18-/m1/s1. The highest BCUT2D eigenvalue weighted by Gasteiger charge is 2.28. The largest absolute Gasteiger partial charge is 0.496 e. The van der Waals surface area contributed by atoms with Crippen molar-refractivity contribution >= 4 is 5.91 Å². The van der Waals surface area contributed by atoms with Crippen LogP contribution in [-0.2, 0) is 11.3 Å². The van der Waals surface area contributed by atoms with E-state index < -0.39 is 0 Å². The lowest BCUT2D eigenvalue weighted by Crippen LogP contribution is -3.28. The van der Waals surface area contributed by atoms with Gasteiger partial charge in [0, 0.05) is 7.05 Å². The van der Waals surface area contributed by atoms with Gasteiger partial charge < -0.3 is 19.4 Å². The topological polar surface area (TPSA) is 38.4 Å². The second-order valence-electron chi connectivity index (χ2n) is 7.90. The number of methoxy groups -OCH3 is 1. The van der Waals surface area contributed by atoms with Crippen molar-refractivity contribution in [3.05, 3.63) is 65.5 Å². The van der Waals surface area contributed by atoms with Crippen LogP contribution in [0, 0.1) is 5.82 Å².